The van der Waals surface area contributed by atoms with Gasteiger partial charge in [0.15, 0.2) is 6.10 Å². The third kappa shape index (κ3) is 51.2. The lowest BCUT2D eigenvalue weighted by Crippen LogP contribution is -2.28. The van der Waals surface area contributed by atoms with E-state index >= 15 is 0 Å². The molecule has 0 aliphatic rings. The minimum absolute atomic E-state index is 0.101. The van der Waals surface area contributed by atoms with Crippen LogP contribution in [0.15, 0.2) is 109 Å². The first-order valence-electron chi connectivity index (χ1n) is 26.4. The van der Waals surface area contributed by atoms with Crippen LogP contribution >= 0.6 is 0 Å². The molecule has 0 aromatic carbocycles. The van der Waals surface area contributed by atoms with Crippen LogP contribution in [0.5, 0.6) is 0 Å². The zero-order valence-corrected chi connectivity index (χ0v) is 41.5. The Morgan fingerprint density at radius 3 is 1.08 bits per heavy atom. The second kappa shape index (κ2) is 53.9. The van der Waals surface area contributed by atoms with Crippen molar-refractivity contribution in [2.45, 2.75) is 238 Å². The highest BCUT2D eigenvalue weighted by Gasteiger charge is 2.15. The lowest BCUT2D eigenvalue weighted by Gasteiger charge is -2.15. The summed E-state index contributed by atoms with van der Waals surface area (Å²) in [5.41, 5.74) is 0. The van der Waals surface area contributed by atoms with Gasteiger partial charge in [-0.15, -0.1) is 0 Å². The SMILES string of the molecule is CC/C=C\C/C=C\C/C=C\C/C=C\C/C=C\C/C=C\CCC(=O)OC(CO)COC(=O)CCCCCCCCCCCCCCCCCC/C=C\C/C=C\C/C=C\CCCCCCC. The third-order valence-corrected chi connectivity index (χ3v) is 11.1. The Hall–Kier alpha value is -3.44. The van der Waals surface area contributed by atoms with Crippen molar-refractivity contribution >= 4 is 11.9 Å². The van der Waals surface area contributed by atoms with Gasteiger partial charge in [0.2, 0.25) is 0 Å². The predicted molar refractivity (Wildman–Crippen MR) is 279 cm³/mol. The molecule has 0 saturated carbocycles. The topological polar surface area (TPSA) is 72.8 Å². The minimum atomic E-state index is -0.819. The van der Waals surface area contributed by atoms with E-state index in [4.69, 9.17) is 9.47 Å². The fourth-order valence-corrected chi connectivity index (χ4v) is 7.12. The highest BCUT2D eigenvalue weighted by molar-refractivity contribution is 5.70. The normalized spacial score (nSPS) is 13.1. The van der Waals surface area contributed by atoms with Crippen LogP contribution in [-0.2, 0) is 19.1 Å². The summed E-state index contributed by atoms with van der Waals surface area (Å²) in [7, 11) is 0. The lowest BCUT2D eigenvalue weighted by atomic mass is 10.0. The fourth-order valence-electron chi connectivity index (χ4n) is 7.12. The van der Waals surface area contributed by atoms with Crippen molar-refractivity contribution in [3.05, 3.63) is 109 Å². The molecule has 0 heterocycles. The summed E-state index contributed by atoms with van der Waals surface area (Å²) in [5.74, 6) is -0.691. The molecule has 5 nitrogen and oxygen atoms in total. The molecule has 0 spiro atoms. The first-order chi connectivity index (χ1) is 31.6. The molecular weight excluding hydrogens is 789 g/mol. The zero-order chi connectivity index (χ0) is 46.3. The second-order valence-electron chi connectivity index (χ2n) is 17.2. The number of hydrogen-bond acceptors (Lipinski definition) is 5. The summed E-state index contributed by atoms with van der Waals surface area (Å²) in [5, 5.41) is 9.61. The molecule has 0 fully saturated rings. The number of carbonyl (C=O) groups is 2. The van der Waals surface area contributed by atoms with Gasteiger partial charge in [0.1, 0.15) is 6.61 Å². The van der Waals surface area contributed by atoms with Crippen molar-refractivity contribution < 1.29 is 24.2 Å². The summed E-state index contributed by atoms with van der Waals surface area (Å²) in [6.45, 7) is 3.95. The Balaban J connectivity index is 3.57. The Morgan fingerprint density at radius 2 is 0.703 bits per heavy atom. The van der Waals surface area contributed by atoms with Gasteiger partial charge in [0, 0.05) is 12.8 Å². The molecule has 0 saturated heterocycles. The van der Waals surface area contributed by atoms with Crippen molar-refractivity contribution in [1.82, 2.24) is 0 Å². The van der Waals surface area contributed by atoms with Gasteiger partial charge < -0.3 is 14.6 Å². The number of ether oxygens (including phenoxy) is 2. The summed E-state index contributed by atoms with van der Waals surface area (Å²) in [4.78, 5) is 24.4. The molecule has 0 aliphatic carbocycles. The Bertz CT molecular complexity index is 1280. The van der Waals surface area contributed by atoms with E-state index in [2.05, 4.69) is 111 Å². The van der Waals surface area contributed by atoms with E-state index in [1.54, 1.807) is 0 Å². The minimum Gasteiger partial charge on any atom is -0.462 e. The van der Waals surface area contributed by atoms with Crippen LogP contribution in [-0.4, -0.2) is 36.4 Å². The van der Waals surface area contributed by atoms with Gasteiger partial charge >= 0.3 is 11.9 Å². The van der Waals surface area contributed by atoms with Crippen LogP contribution in [0, 0.1) is 0 Å². The number of rotatable bonds is 47. The maximum absolute atomic E-state index is 12.2. The van der Waals surface area contributed by atoms with Gasteiger partial charge in [-0.1, -0.05) is 239 Å². The number of aliphatic hydroxyl groups excluding tert-OH is 1. The van der Waals surface area contributed by atoms with Crippen molar-refractivity contribution in [3.8, 4) is 0 Å². The summed E-state index contributed by atoms with van der Waals surface area (Å²) >= 11 is 0. The van der Waals surface area contributed by atoms with Crippen LogP contribution in [0.4, 0.5) is 0 Å². The lowest BCUT2D eigenvalue weighted by molar-refractivity contribution is -0.161. The average Bonchev–Trinajstić information content (AvgIpc) is 3.30. The number of unbranched alkanes of at least 4 members (excludes halogenated alkanes) is 21. The molecule has 1 unspecified atom stereocenters. The van der Waals surface area contributed by atoms with E-state index in [0.717, 1.165) is 70.6 Å². The van der Waals surface area contributed by atoms with E-state index in [1.165, 1.54) is 128 Å². The van der Waals surface area contributed by atoms with E-state index in [9.17, 15) is 14.7 Å². The third-order valence-electron chi connectivity index (χ3n) is 11.1. The Labute approximate surface area is 395 Å². The first kappa shape index (κ1) is 60.6. The molecule has 64 heavy (non-hydrogen) atoms. The monoisotopic (exact) mass is 887 g/mol. The standard InChI is InChI=1S/C59H98O5/c1-3-5-7-9-11-13-15-17-19-21-23-24-25-26-27-28-29-30-31-32-33-34-36-37-39-41-43-45-47-49-51-53-58(61)63-56-57(55-60)64-59(62)54-52-50-48-46-44-42-40-38-35-22-20-18-16-14-12-10-8-6-4-2/h6,8,12,14-15,17-18,20-21,23,25-26,35,38,42,44,48,50,57,60H,3-5,7,9-11,13,16,19,22,24,27-34,36-37,39-41,43,45-47,49,51-56H2,1-2H3/b8-6-,14-12-,17-15-,20-18-,23-21-,26-25-,38-35-,44-42-,50-48-. The van der Waals surface area contributed by atoms with Crippen LogP contribution in [0.25, 0.3) is 0 Å². The van der Waals surface area contributed by atoms with Gasteiger partial charge in [0.25, 0.3) is 0 Å². The smallest absolute Gasteiger partial charge is 0.306 e. The Kier molecular flexibility index (Phi) is 51.0. The fraction of sp³-hybridized carbons (Fsp3) is 0.661. The van der Waals surface area contributed by atoms with Gasteiger partial charge in [-0.05, 0) is 89.9 Å². The van der Waals surface area contributed by atoms with E-state index in [1.807, 2.05) is 12.2 Å². The maximum Gasteiger partial charge on any atom is 0.306 e. The van der Waals surface area contributed by atoms with Crippen LogP contribution < -0.4 is 0 Å². The van der Waals surface area contributed by atoms with E-state index in [0.29, 0.717) is 12.8 Å². The number of aliphatic hydroxyl groups is 1. The molecule has 0 radical (unpaired) electrons. The number of esters is 2. The summed E-state index contributed by atoms with van der Waals surface area (Å²) in [6.07, 6.45) is 77.8. The number of carbonyl (C=O) groups excluding carboxylic acids is 2. The highest BCUT2D eigenvalue weighted by Crippen LogP contribution is 2.15. The van der Waals surface area contributed by atoms with Crippen molar-refractivity contribution in [3.63, 3.8) is 0 Å². The molecule has 0 aromatic heterocycles. The molecule has 364 valence electrons. The molecule has 0 bridgehead atoms. The Morgan fingerprint density at radius 1 is 0.375 bits per heavy atom. The van der Waals surface area contributed by atoms with Crippen LogP contribution in [0.1, 0.15) is 232 Å². The zero-order valence-electron chi connectivity index (χ0n) is 41.5. The molecule has 0 rings (SSSR count). The summed E-state index contributed by atoms with van der Waals surface area (Å²) in [6, 6.07) is 0. The molecule has 1 N–H and O–H groups in total. The van der Waals surface area contributed by atoms with Crippen LogP contribution in [0.3, 0.4) is 0 Å². The van der Waals surface area contributed by atoms with E-state index in [-0.39, 0.29) is 25.6 Å². The largest absolute Gasteiger partial charge is 0.462 e. The number of allylic oxidation sites excluding steroid dienone is 18. The quantitative estimate of drug-likeness (QED) is 0.0374. The van der Waals surface area contributed by atoms with Gasteiger partial charge in [-0.2, -0.15) is 0 Å². The molecule has 0 aliphatic heterocycles. The van der Waals surface area contributed by atoms with E-state index < -0.39 is 12.1 Å². The molecule has 1 atom stereocenters. The van der Waals surface area contributed by atoms with Gasteiger partial charge in [-0.25, -0.2) is 0 Å². The number of hydrogen-bond donors (Lipinski definition) is 1. The molecule has 0 aromatic rings. The molecular formula is C59H98O5. The van der Waals surface area contributed by atoms with Crippen molar-refractivity contribution in [2.24, 2.45) is 0 Å². The van der Waals surface area contributed by atoms with Crippen molar-refractivity contribution in [2.75, 3.05) is 13.2 Å². The van der Waals surface area contributed by atoms with Crippen molar-refractivity contribution in [1.29, 1.82) is 0 Å². The highest BCUT2D eigenvalue weighted by atomic mass is 16.6. The van der Waals surface area contributed by atoms with Gasteiger partial charge in [-0.3, -0.25) is 9.59 Å². The average molecular weight is 887 g/mol. The maximum atomic E-state index is 12.2. The molecule has 0 amide bonds. The van der Waals surface area contributed by atoms with Crippen LogP contribution in [0.2, 0.25) is 0 Å². The first-order valence-corrected chi connectivity index (χ1v) is 26.4. The second-order valence-corrected chi connectivity index (χ2v) is 17.2. The summed E-state index contributed by atoms with van der Waals surface area (Å²) < 4.78 is 10.6. The molecule has 5 heteroatoms. The predicted octanol–water partition coefficient (Wildman–Crippen LogP) is 17.7. The van der Waals surface area contributed by atoms with Gasteiger partial charge in [0.05, 0.1) is 6.61 Å².